The topological polar surface area (TPSA) is 47.3 Å². The summed E-state index contributed by atoms with van der Waals surface area (Å²) < 4.78 is 6.39. The lowest BCUT2D eigenvalue weighted by atomic mass is 10.1. The van der Waals surface area contributed by atoms with Crippen molar-refractivity contribution in [2.24, 2.45) is 5.92 Å². The molecule has 3 N–H and O–H groups in total. The highest BCUT2D eigenvalue weighted by molar-refractivity contribution is 9.10. The van der Waals surface area contributed by atoms with Crippen LogP contribution >= 0.6 is 15.9 Å². The third kappa shape index (κ3) is 3.12. The van der Waals surface area contributed by atoms with Gasteiger partial charge in [0.15, 0.2) is 0 Å². The Hall–Kier alpha value is -0.740. The van der Waals surface area contributed by atoms with Crippen molar-refractivity contribution in [2.75, 3.05) is 30.8 Å². The van der Waals surface area contributed by atoms with E-state index in [4.69, 9.17) is 10.5 Å². The molecule has 16 heavy (non-hydrogen) atoms. The lowest BCUT2D eigenvalue weighted by Crippen LogP contribution is -2.10. The maximum absolute atomic E-state index is 5.88. The number of hydrogen-bond donors (Lipinski definition) is 2. The van der Waals surface area contributed by atoms with Crippen LogP contribution in [-0.4, -0.2) is 19.8 Å². The first-order valence-corrected chi connectivity index (χ1v) is 6.41. The van der Waals surface area contributed by atoms with Crippen molar-refractivity contribution in [2.45, 2.75) is 12.8 Å². The summed E-state index contributed by atoms with van der Waals surface area (Å²) in [5.74, 6) is 0.709. The molecule has 1 fully saturated rings. The Balaban J connectivity index is 1.82. The number of anilines is 2. The van der Waals surface area contributed by atoms with Crippen LogP contribution in [0.1, 0.15) is 12.8 Å². The molecule has 2 rings (SSSR count). The summed E-state index contributed by atoms with van der Waals surface area (Å²) in [6, 6.07) is 5.87. The molecule has 1 saturated heterocycles. The number of halogens is 1. The Kier molecular flexibility index (Phi) is 4.07. The van der Waals surface area contributed by atoms with Gasteiger partial charge in [0.1, 0.15) is 0 Å². The predicted octanol–water partition coefficient (Wildman–Crippen LogP) is 2.87. The van der Waals surface area contributed by atoms with Crippen molar-refractivity contribution in [1.29, 1.82) is 0 Å². The van der Waals surface area contributed by atoms with Crippen LogP contribution < -0.4 is 11.1 Å². The molecule has 0 aliphatic carbocycles. The summed E-state index contributed by atoms with van der Waals surface area (Å²) in [6.07, 6.45) is 2.33. The smallest absolute Gasteiger partial charge is 0.0585 e. The first-order valence-electron chi connectivity index (χ1n) is 5.62. The van der Waals surface area contributed by atoms with Crippen LogP contribution in [0.4, 0.5) is 11.4 Å². The standard InChI is InChI=1S/C12H17BrN2O/c13-10-1-2-11(14)12(7-10)15-5-3-9-4-6-16-8-9/h1-2,7,9,15H,3-6,8,14H2. The van der Waals surface area contributed by atoms with E-state index in [0.29, 0.717) is 5.92 Å². The zero-order chi connectivity index (χ0) is 11.4. The number of nitrogens with one attached hydrogen (secondary N) is 1. The molecule has 0 aromatic heterocycles. The Morgan fingerprint density at radius 2 is 2.38 bits per heavy atom. The number of rotatable bonds is 4. The molecule has 1 aliphatic rings. The van der Waals surface area contributed by atoms with Crippen molar-refractivity contribution >= 4 is 27.3 Å². The van der Waals surface area contributed by atoms with E-state index in [1.165, 1.54) is 6.42 Å². The van der Waals surface area contributed by atoms with Gasteiger partial charge in [0.25, 0.3) is 0 Å². The Morgan fingerprint density at radius 1 is 1.50 bits per heavy atom. The molecule has 3 nitrogen and oxygen atoms in total. The second kappa shape index (κ2) is 5.55. The molecule has 1 aromatic rings. The Morgan fingerprint density at radius 3 is 3.12 bits per heavy atom. The van der Waals surface area contributed by atoms with E-state index in [-0.39, 0.29) is 0 Å². The van der Waals surface area contributed by atoms with E-state index in [1.807, 2.05) is 18.2 Å². The van der Waals surface area contributed by atoms with Gasteiger partial charge in [-0.1, -0.05) is 15.9 Å². The summed E-state index contributed by atoms with van der Waals surface area (Å²) in [5.41, 5.74) is 7.68. The largest absolute Gasteiger partial charge is 0.397 e. The van der Waals surface area contributed by atoms with E-state index in [9.17, 15) is 0 Å². The van der Waals surface area contributed by atoms with Crippen molar-refractivity contribution in [3.8, 4) is 0 Å². The average molecular weight is 285 g/mol. The van der Waals surface area contributed by atoms with Crippen LogP contribution in [0.3, 0.4) is 0 Å². The van der Waals surface area contributed by atoms with Crippen molar-refractivity contribution in [3.05, 3.63) is 22.7 Å². The van der Waals surface area contributed by atoms with Gasteiger partial charge in [-0.2, -0.15) is 0 Å². The molecule has 1 unspecified atom stereocenters. The van der Waals surface area contributed by atoms with Crippen LogP contribution in [0, 0.1) is 5.92 Å². The third-order valence-electron chi connectivity index (χ3n) is 2.91. The molecular formula is C12H17BrN2O. The summed E-state index contributed by atoms with van der Waals surface area (Å²) in [7, 11) is 0. The fourth-order valence-corrected chi connectivity index (χ4v) is 2.26. The molecule has 4 heteroatoms. The predicted molar refractivity (Wildman–Crippen MR) is 70.6 cm³/mol. The summed E-state index contributed by atoms with van der Waals surface area (Å²) in [5, 5.41) is 3.37. The van der Waals surface area contributed by atoms with Crippen LogP contribution in [0.25, 0.3) is 0 Å². The maximum Gasteiger partial charge on any atom is 0.0585 e. The van der Waals surface area contributed by atoms with Gasteiger partial charge in [-0.15, -0.1) is 0 Å². The van der Waals surface area contributed by atoms with Gasteiger partial charge in [0, 0.05) is 24.2 Å². The van der Waals surface area contributed by atoms with Gasteiger partial charge in [-0.3, -0.25) is 0 Å². The first kappa shape index (κ1) is 11.7. The molecule has 0 spiro atoms. The molecule has 0 radical (unpaired) electrons. The maximum atomic E-state index is 5.88. The number of benzene rings is 1. The third-order valence-corrected chi connectivity index (χ3v) is 3.40. The highest BCUT2D eigenvalue weighted by Crippen LogP contribution is 2.24. The molecular weight excluding hydrogens is 268 g/mol. The highest BCUT2D eigenvalue weighted by Gasteiger charge is 2.14. The van der Waals surface area contributed by atoms with Gasteiger partial charge >= 0.3 is 0 Å². The van der Waals surface area contributed by atoms with Crippen LogP contribution in [0.5, 0.6) is 0 Å². The van der Waals surface area contributed by atoms with Crippen molar-refractivity contribution in [1.82, 2.24) is 0 Å². The normalized spacial score (nSPS) is 19.9. The molecule has 0 amide bonds. The molecule has 0 bridgehead atoms. The van der Waals surface area contributed by atoms with Gasteiger partial charge in [-0.05, 0) is 37.0 Å². The Bertz CT molecular complexity index is 351. The van der Waals surface area contributed by atoms with E-state index in [2.05, 4.69) is 21.2 Å². The fraction of sp³-hybridized carbons (Fsp3) is 0.500. The van der Waals surface area contributed by atoms with E-state index < -0.39 is 0 Å². The van der Waals surface area contributed by atoms with Gasteiger partial charge in [0.2, 0.25) is 0 Å². The Labute approximate surface area is 104 Å². The van der Waals surface area contributed by atoms with Crippen molar-refractivity contribution in [3.63, 3.8) is 0 Å². The summed E-state index contributed by atoms with van der Waals surface area (Å²) in [6.45, 7) is 2.79. The average Bonchev–Trinajstić information content (AvgIpc) is 2.76. The van der Waals surface area contributed by atoms with E-state index >= 15 is 0 Å². The molecule has 88 valence electrons. The lowest BCUT2D eigenvalue weighted by Gasteiger charge is -2.12. The zero-order valence-corrected chi connectivity index (χ0v) is 10.8. The number of nitrogens with two attached hydrogens (primary N) is 1. The monoisotopic (exact) mass is 284 g/mol. The molecule has 0 saturated carbocycles. The molecule has 1 aromatic carbocycles. The van der Waals surface area contributed by atoms with Crippen LogP contribution in [0.15, 0.2) is 22.7 Å². The highest BCUT2D eigenvalue weighted by atomic mass is 79.9. The van der Waals surface area contributed by atoms with Crippen molar-refractivity contribution < 1.29 is 4.74 Å². The first-order chi connectivity index (χ1) is 7.75. The summed E-state index contributed by atoms with van der Waals surface area (Å²) >= 11 is 3.44. The fourth-order valence-electron chi connectivity index (χ4n) is 1.90. The van der Waals surface area contributed by atoms with E-state index in [1.54, 1.807) is 0 Å². The second-order valence-corrected chi connectivity index (χ2v) is 5.09. The van der Waals surface area contributed by atoms with E-state index in [0.717, 1.165) is 42.0 Å². The minimum atomic E-state index is 0.709. The quantitative estimate of drug-likeness (QED) is 0.836. The minimum Gasteiger partial charge on any atom is -0.397 e. The number of ether oxygens (including phenoxy) is 1. The van der Waals surface area contributed by atoms with Crippen LogP contribution in [0.2, 0.25) is 0 Å². The lowest BCUT2D eigenvalue weighted by molar-refractivity contribution is 0.185. The molecule has 1 atom stereocenters. The summed E-state index contributed by atoms with van der Waals surface area (Å²) in [4.78, 5) is 0. The second-order valence-electron chi connectivity index (χ2n) is 4.18. The van der Waals surface area contributed by atoms with Gasteiger partial charge in [0.05, 0.1) is 11.4 Å². The molecule has 1 aliphatic heterocycles. The minimum absolute atomic E-state index is 0.709. The zero-order valence-electron chi connectivity index (χ0n) is 9.21. The number of nitrogen functional groups attached to an aromatic ring is 1. The van der Waals surface area contributed by atoms with Gasteiger partial charge in [-0.25, -0.2) is 0 Å². The molecule has 1 heterocycles. The number of hydrogen-bond acceptors (Lipinski definition) is 3. The van der Waals surface area contributed by atoms with Crippen LogP contribution in [-0.2, 0) is 4.74 Å². The van der Waals surface area contributed by atoms with Gasteiger partial charge < -0.3 is 15.8 Å². The SMILES string of the molecule is Nc1ccc(Br)cc1NCCC1CCOC1.